The minimum absolute atomic E-state index is 0.0458. The average Bonchev–Trinajstić information content (AvgIpc) is 3.19. The van der Waals surface area contributed by atoms with Crippen LogP contribution in [0, 0.1) is 0 Å². The maximum absolute atomic E-state index is 11.6. The molecule has 0 bridgehead atoms. The zero-order valence-corrected chi connectivity index (χ0v) is 17.6. The van der Waals surface area contributed by atoms with Gasteiger partial charge in [0.1, 0.15) is 22.8 Å². The lowest BCUT2D eigenvalue weighted by Crippen LogP contribution is -2.11. The molecule has 2 N–H and O–H groups in total. The predicted octanol–water partition coefficient (Wildman–Crippen LogP) is 4.53. The number of rotatable bonds is 5. The number of nitrogens with two attached hydrogens (primary N) is 1. The van der Waals surface area contributed by atoms with Crippen LogP contribution in [0.5, 0.6) is 11.5 Å². The molecule has 0 aliphatic heterocycles. The molecule has 0 aliphatic carbocycles. The summed E-state index contributed by atoms with van der Waals surface area (Å²) < 4.78 is 31.0. The Labute approximate surface area is 184 Å². The summed E-state index contributed by atoms with van der Waals surface area (Å²) in [4.78, 5) is 9.28. The van der Waals surface area contributed by atoms with Gasteiger partial charge in [-0.2, -0.15) is 0 Å². The zero-order chi connectivity index (χ0) is 22.1. The van der Waals surface area contributed by atoms with Crippen molar-refractivity contribution in [1.29, 1.82) is 0 Å². The largest absolute Gasteiger partial charge is 0.457 e. The van der Waals surface area contributed by atoms with E-state index in [0.29, 0.717) is 17.2 Å². The van der Waals surface area contributed by atoms with Crippen molar-refractivity contribution in [2.45, 2.75) is 4.90 Å². The normalized spacial score (nSPS) is 11.5. The molecule has 5 aromatic rings. The first-order valence-electron chi connectivity index (χ1n) is 9.79. The molecule has 0 amide bonds. The predicted molar refractivity (Wildman–Crippen MR) is 122 cm³/mol. The molecule has 0 atom stereocenters. The van der Waals surface area contributed by atoms with Gasteiger partial charge in [0, 0.05) is 17.4 Å². The maximum Gasteiger partial charge on any atom is 0.238 e. The lowest BCUT2D eigenvalue weighted by molar-refractivity contribution is 0.482. The Balaban J connectivity index is 1.58. The van der Waals surface area contributed by atoms with Crippen LogP contribution in [0.3, 0.4) is 0 Å². The van der Waals surface area contributed by atoms with Crippen molar-refractivity contribution in [1.82, 2.24) is 14.5 Å². The van der Waals surface area contributed by atoms with Crippen molar-refractivity contribution in [3.63, 3.8) is 0 Å². The summed E-state index contributed by atoms with van der Waals surface area (Å²) in [6, 6.07) is 27.2. The Bertz CT molecular complexity index is 1500. The number of benzene rings is 3. The molecule has 0 aliphatic rings. The van der Waals surface area contributed by atoms with E-state index >= 15 is 0 Å². The van der Waals surface area contributed by atoms with Crippen LogP contribution >= 0.6 is 0 Å². The van der Waals surface area contributed by atoms with E-state index in [1.165, 1.54) is 12.1 Å². The molecule has 0 unspecified atom stereocenters. The molecule has 2 aromatic heterocycles. The molecule has 0 spiro atoms. The third-order valence-corrected chi connectivity index (χ3v) is 5.86. The number of hydrogen-bond acceptors (Lipinski definition) is 5. The van der Waals surface area contributed by atoms with Crippen molar-refractivity contribution in [2.75, 3.05) is 0 Å². The van der Waals surface area contributed by atoms with E-state index in [4.69, 9.17) is 14.9 Å². The first-order chi connectivity index (χ1) is 15.5. The lowest BCUT2D eigenvalue weighted by Gasteiger charge is -2.11. The summed E-state index contributed by atoms with van der Waals surface area (Å²) in [5, 5.41) is 5.23. The SMILES string of the molecule is NS(=O)(=O)c1ccc(-c2nc3cccnc3n2-c2ccc(Oc3ccccc3)cc2)cc1. The molecule has 0 fully saturated rings. The van der Waals surface area contributed by atoms with E-state index in [2.05, 4.69) is 4.98 Å². The summed E-state index contributed by atoms with van der Waals surface area (Å²) >= 11 is 0. The first-order valence-corrected chi connectivity index (χ1v) is 11.3. The van der Waals surface area contributed by atoms with Crippen LogP contribution in [0.25, 0.3) is 28.2 Å². The highest BCUT2D eigenvalue weighted by atomic mass is 32.2. The molecule has 158 valence electrons. The first kappa shape index (κ1) is 19.9. The number of nitrogens with zero attached hydrogens (tertiary/aromatic N) is 3. The van der Waals surface area contributed by atoms with Gasteiger partial charge in [0.05, 0.1) is 4.90 Å². The van der Waals surface area contributed by atoms with Gasteiger partial charge in [-0.1, -0.05) is 18.2 Å². The van der Waals surface area contributed by atoms with Crippen molar-refractivity contribution in [2.24, 2.45) is 5.14 Å². The van der Waals surface area contributed by atoms with Crippen LogP contribution in [-0.2, 0) is 10.0 Å². The Morgan fingerprint density at radius 1 is 0.781 bits per heavy atom. The molecule has 0 radical (unpaired) electrons. The maximum atomic E-state index is 11.6. The van der Waals surface area contributed by atoms with Gasteiger partial charge in [-0.15, -0.1) is 0 Å². The highest BCUT2D eigenvalue weighted by molar-refractivity contribution is 7.89. The topological polar surface area (TPSA) is 100 Å². The van der Waals surface area contributed by atoms with Crippen molar-refractivity contribution in [3.05, 3.63) is 97.2 Å². The van der Waals surface area contributed by atoms with E-state index in [1.807, 2.05) is 71.3 Å². The van der Waals surface area contributed by atoms with E-state index in [-0.39, 0.29) is 4.90 Å². The van der Waals surface area contributed by atoms with Gasteiger partial charge in [-0.3, -0.25) is 4.57 Å². The Morgan fingerprint density at radius 3 is 2.16 bits per heavy atom. The van der Waals surface area contributed by atoms with Crippen LogP contribution in [0.2, 0.25) is 0 Å². The summed E-state index contributed by atoms with van der Waals surface area (Å²) in [6.45, 7) is 0. The van der Waals surface area contributed by atoms with Crippen molar-refractivity contribution >= 4 is 21.2 Å². The average molecular weight is 443 g/mol. The fraction of sp³-hybridized carbons (Fsp3) is 0. The fourth-order valence-corrected chi connectivity index (χ4v) is 3.95. The van der Waals surface area contributed by atoms with Gasteiger partial charge < -0.3 is 4.74 Å². The van der Waals surface area contributed by atoms with Crippen LogP contribution in [0.15, 0.2) is 102 Å². The van der Waals surface area contributed by atoms with Crippen molar-refractivity contribution < 1.29 is 13.2 Å². The smallest absolute Gasteiger partial charge is 0.238 e. The third-order valence-electron chi connectivity index (χ3n) is 4.93. The van der Waals surface area contributed by atoms with Crippen LogP contribution < -0.4 is 9.88 Å². The van der Waals surface area contributed by atoms with Gasteiger partial charge in [-0.05, 0) is 72.8 Å². The van der Waals surface area contributed by atoms with Gasteiger partial charge in [0.2, 0.25) is 10.0 Å². The summed E-state index contributed by atoms with van der Waals surface area (Å²) in [5.74, 6) is 2.10. The number of ether oxygens (including phenoxy) is 1. The Hall–Kier alpha value is -4.01. The minimum atomic E-state index is -3.77. The van der Waals surface area contributed by atoms with E-state index < -0.39 is 10.0 Å². The van der Waals surface area contributed by atoms with Gasteiger partial charge in [0.15, 0.2) is 5.65 Å². The number of aromatic nitrogens is 3. The Morgan fingerprint density at radius 2 is 1.47 bits per heavy atom. The molecule has 8 heteroatoms. The van der Waals surface area contributed by atoms with Crippen LogP contribution in [-0.4, -0.2) is 23.0 Å². The molecular weight excluding hydrogens is 424 g/mol. The second-order valence-corrected chi connectivity index (χ2v) is 8.66. The number of para-hydroxylation sites is 1. The van der Waals surface area contributed by atoms with E-state index in [9.17, 15) is 8.42 Å². The van der Waals surface area contributed by atoms with Crippen LogP contribution in [0.4, 0.5) is 0 Å². The second kappa shape index (κ2) is 7.92. The molecular formula is C24H18N4O3S. The molecule has 0 saturated carbocycles. The highest BCUT2D eigenvalue weighted by Gasteiger charge is 2.16. The molecule has 5 rings (SSSR count). The van der Waals surface area contributed by atoms with Crippen molar-refractivity contribution in [3.8, 4) is 28.6 Å². The highest BCUT2D eigenvalue weighted by Crippen LogP contribution is 2.30. The van der Waals surface area contributed by atoms with Gasteiger partial charge in [-0.25, -0.2) is 23.5 Å². The van der Waals surface area contributed by atoms with E-state index in [0.717, 1.165) is 22.5 Å². The van der Waals surface area contributed by atoms with Gasteiger partial charge in [0.25, 0.3) is 0 Å². The quantitative estimate of drug-likeness (QED) is 0.431. The lowest BCUT2D eigenvalue weighted by atomic mass is 10.2. The number of hydrogen-bond donors (Lipinski definition) is 1. The third kappa shape index (κ3) is 3.84. The molecule has 3 aromatic carbocycles. The monoisotopic (exact) mass is 442 g/mol. The summed E-state index contributed by atoms with van der Waals surface area (Å²) in [5.41, 5.74) is 2.99. The van der Waals surface area contributed by atoms with Gasteiger partial charge >= 0.3 is 0 Å². The summed E-state index contributed by atoms with van der Waals surface area (Å²) in [6.07, 6.45) is 1.71. The number of sulfonamides is 1. The summed E-state index contributed by atoms with van der Waals surface area (Å²) in [7, 11) is -3.77. The molecule has 2 heterocycles. The van der Waals surface area contributed by atoms with E-state index in [1.54, 1.807) is 18.3 Å². The van der Waals surface area contributed by atoms with Crippen LogP contribution in [0.1, 0.15) is 0 Å². The number of primary sulfonamides is 1. The molecule has 7 nitrogen and oxygen atoms in total. The Kier molecular flexibility index (Phi) is 4.93. The minimum Gasteiger partial charge on any atom is -0.457 e. The number of imidazole rings is 1. The molecule has 32 heavy (non-hydrogen) atoms. The number of pyridine rings is 1. The fourth-order valence-electron chi connectivity index (χ4n) is 3.43. The zero-order valence-electron chi connectivity index (χ0n) is 16.8. The number of fused-ring (bicyclic) bond motifs is 1. The standard InChI is InChI=1S/C24H18N4O3S/c25-32(29,30)21-14-8-17(9-15-21)23-27-22-7-4-16-26-24(22)28(23)18-10-12-20(13-11-18)31-19-5-2-1-3-6-19/h1-16H,(H2,25,29,30). The second-order valence-electron chi connectivity index (χ2n) is 7.10. The molecule has 0 saturated heterocycles.